The second-order valence-electron chi connectivity index (χ2n) is 7.08. The van der Waals surface area contributed by atoms with E-state index in [1.165, 1.54) is 45.6 Å². The average molecular weight is 462 g/mol. The monoisotopic (exact) mass is 462 g/mol. The van der Waals surface area contributed by atoms with Crippen molar-refractivity contribution in [1.82, 2.24) is 0 Å². The van der Waals surface area contributed by atoms with E-state index in [1.807, 2.05) is 0 Å². The fourth-order valence-electron chi connectivity index (χ4n) is 3.16. The number of aromatic hydroxyl groups is 1. The number of rotatable bonds is 9. The first-order valence-electron chi connectivity index (χ1n) is 9.99. The Morgan fingerprint density at radius 2 is 1.70 bits per heavy atom. The molecule has 0 amide bonds. The summed E-state index contributed by atoms with van der Waals surface area (Å²) in [6.45, 7) is -0.00000911. The van der Waals surface area contributed by atoms with E-state index in [9.17, 15) is 20.1 Å². The molecule has 0 unspecified atom stereocenters. The van der Waals surface area contributed by atoms with Crippen LogP contribution < -0.4 is 14.2 Å². The zero-order valence-corrected chi connectivity index (χ0v) is 18.3. The zero-order valence-electron chi connectivity index (χ0n) is 18.3. The number of carbonyl (C=O) groups excluding carboxylic acids is 1. The highest BCUT2D eigenvalue weighted by atomic mass is 16.7. The average Bonchev–Trinajstić information content (AvgIpc) is 3.08. The minimum absolute atomic E-state index is 0.00000911. The van der Waals surface area contributed by atoms with E-state index in [0.717, 1.165) is 0 Å². The lowest BCUT2D eigenvalue weighted by Gasteiger charge is -2.18. The molecule has 0 spiro atoms. The van der Waals surface area contributed by atoms with Crippen molar-refractivity contribution in [2.45, 2.75) is 24.6 Å². The highest BCUT2D eigenvalue weighted by molar-refractivity contribution is 5.92. The van der Waals surface area contributed by atoms with Gasteiger partial charge in [-0.25, -0.2) is 4.79 Å². The first kappa shape index (κ1) is 24.3. The van der Waals surface area contributed by atoms with Crippen LogP contribution in [-0.2, 0) is 19.0 Å². The van der Waals surface area contributed by atoms with Gasteiger partial charge >= 0.3 is 5.97 Å². The molecule has 2 aromatic carbocycles. The maximum atomic E-state index is 13.0. The van der Waals surface area contributed by atoms with E-state index in [-0.39, 0.29) is 29.6 Å². The van der Waals surface area contributed by atoms with Gasteiger partial charge in [0.1, 0.15) is 18.3 Å². The fraction of sp³-hybridized carbons (Fsp3) is 0.348. The molecule has 0 saturated carbocycles. The number of carbonyl (C=O) groups is 1. The van der Waals surface area contributed by atoms with Gasteiger partial charge in [-0.15, -0.1) is 0 Å². The van der Waals surface area contributed by atoms with E-state index in [0.29, 0.717) is 11.3 Å². The molecular weight excluding hydrogens is 436 g/mol. The van der Waals surface area contributed by atoms with E-state index in [4.69, 9.17) is 28.4 Å². The Hall–Kier alpha value is -3.31. The minimum atomic E-state index is -1.48. The minimum Gasteiger partial charge on any atom is -0.504 e. The number of benzene rings is 2. The third-order valence-electron chi connectivity index (χ3n) is 4.86. The third kappa shape index (κ3) is 5.74. The summed E-state index contributed by atoms with van der Waals surface area (Å²) in [6, 6.07) is 11.1. The van der Waals surface area contributed by atoms with Gasteiger partial charge < -0.3 is 43.7 Å². The van der Waals surface area contributed by atoms with Crippen LogP contribution in [0.4, 0.5) is 0 Å². The lowest BCUT2D eigenvalue weighted by molar-refractivity contribution is -0.188. The molecule has 1 aliphatic heterocycles. The molecule has 1 saturated heterocycles. The number of aliphatic hydroxyl groups excluding tert-OH is 2. The standard InChI is InChI=1S/C23H26O10/c1-28-12-19-20(25)21(26)23(32-19)33-22(27)18(31-16-7-5-4-6-15(16)29-2)11-13-8-9-14(24)17(10-13)30-3/h4-11,19-21,23-26H,12H2,1-3H3/b18-11-/t19-,20-,21+,23-/m0/s1. The number of aliphatic hydroxyl groups is 2. The normalized spacial score (nSPS) is 22.6. The van der Waals surface area contributed by atoms with Crippen LogP contribution >= 0.6 is 0 Å². The summed E-state index contributed by atoms with van der Waals surface area (Å²) in [7, 11) is 4.26. The number of phenols is 1. The van der Waals surface area contributed by atoms with E-state index >= 15 is 0 Å². The second kappa shape index (κ2) is 11.0. The van der Waals surface area contributed by atoms with Gasteiger partial charge in [-0.3, -0.25) is 0 Å². The van der Waals surface area contributed by atoms with Crippen LogP contribution in [-0.4, -0.2) is 73.8 Å². The van der Waals surface area contributed by atoms with Crippen molar-refractivity contribution < 1.29 is 48.5 Å². The van der Waals surface area contributed by atoms with Crippen molar-refractivity contribution in [2.24, 2.45) is 0 Å². The Bertz CT molecular complexity index is 989. The fourth-order valence-corrected chi connectivity index (χ4v) is 3.16. The summed E-state index contributed by atoms with van der Waals surface area (Å²) in [5.41, 5.74) is 0.455. The molecule has 1 heterocycles. The molecule has 10 nitrogen and oxygen atoms in total. The topological polar surface area (TPSA) is 133 Å². The quantitative estimate of drug-likeness (QED) is 0.286. The zero-order chi connectivity index (χ0) is 24.0. The maximum Gasteiger partial charge on any atom is 0.376 e. The first-order chi connectivity index (χ1) is 15.9. The van der Waals surface area contributed by atoms with Crippen molar-refractivity contribution in [3.05, 3.63) is 53.8 Å². The van der Waals surface area contributed by atoms with Gasteiger partial charge in [-0.2, -0.15) is 0 Å². The lowest BCUT2D eigenvalue weighted by atomic mass is 10.1. The molecule has 33 heavy (non-hydrogen) atoms. The molecule has 3 N–H and O–H groups in total. The van der Waals surface area contributed by atoms with E-state index < -0.39 is 30.6 Å². The summed E-state index contributed by atoms with van der Waals surface area (Å²) in [5, 5.41) is 30.1. The van der Waals surface area contributed by atoms with Crippen LogP contribution in [0.5, 0.6) is 23.0 Å². The highest BCUT2D eigenvalue weighted by Crippen LogP contribution is 2.31. The molecule has 3 rings (SSSR count). The van der Waals surface area contributed by atoms with Crippen molar-refractivity contribution in [2.75, 3.05) is 27.9 Å². The molecule has 0 aromatic heterocycles. The van der Waals surface area contributed by atoms with Gasteiger partial charge in [0.15, 0.2) is 23.0 Å². The number of ether oxygens (including phenoxy) is 6. The Labute approximate surface area is 190 Å². The van der Waals surface area contributed by atoms with Crippen LogP contribution in [0.15, 0.2) is 48.2 Å². The van der Waals surface area contributed by atoms with Crippen LogP contribution in [0.3, 0.4) is 0 Å². The van der Waals surface area contributed by atoms with Crippen LogP contribution in [0.1, 0.15) is 5.56 Å². The molecule has 10 heteroatoms. The summed E-state index contributed by atoms with van der Waals surface area (Å²) >= 11 is 0. The predicted octanol–water partition coefficient (Wildman–Crippen LogP) is 1.47. The first-order valence-corrected chi connectivity index (χ1v) is 9.99. The molecule has 0 aliphatic carbocycles. The Morgan fingerprint density at radius 3 is 2.36 bits per heavy atom. The highest BCUT2D eigenvalue weighted by Gasteiger charge is 2.45. The maximum absolute atomic E-state index is 13.0. The predicted molar refractivity (Wildman–Crippen MR) is 115 cm³/mol. The number of hydrogen-bond acceptors (Lipinski definition) is 10. The van der Waals surface area contributed by atoms with E-state index in [2.05, 4.69) is 0 Å². The van der Waals surface area contributed by atoms with Crippen molar-refractivity contribution in [1.29, 1.82) is 0 Å². The van der Waals surface area contributed by atoms with Crippen LogP contribution in [0.2, 0.25) is 0 Å². The molecular formula is C23H26O10. The SMILES string of the molecule is COC[C@@H]1O[C@@H](OC(=O)/C(=C/c2ccc(O)c(OC)c2)Oc2ccccc2OC)[C@H](O)[C@H]1O. The van der Waals surface area contributed by atoms with E-state index in [1.54, 1.807) is 24.3 Å². The largest absolute Gasteiger partial charge is 0.504 e. The summed E-state index contributed by atoms with van der Waals surface area (Å²) < 4.78 is 31.8. The van der Waals surface area contributed by atoms with Gasteiger partial charge in [0.05, 0.1) is 20.8 Å². The van der Waals surface area contributed by atoms with Crippen molar-refractivity contribution in [3.63, 3.8) is 0 Å². The molecule has 0 bridgehead atoms. The van der Waals surface area contributed by atoms with Gasteiger partial charge in [-0.1, -0.05) is 18.2 Å². The molecule has 1 aliphatic rings. The van der Waals surface area contributed by atoms with Gasteiger partial charge in [0, 0.05) is 7.11 Å². The van der Waals surface area contributed by atoms with Gasteiger partial charge in [-0.05, 0) is 35.9 Å². The summed E-state index contributed by atoms with van der Waals surface area (Å²) in [4.78, 5) is 13.0. The van der Waals surface area contributed by atoms with Crippen LogP contribution in [0.25, 0.3) is 6.08 Å². The summed E-state index contributed by atoms with van der Waals surface area (Å²) in [5.74, 6) is -0.528. The second-order valence-corrected chi connectivity index (χ2v) is 7.08. The number of phenolic OH excluding ortho intramolecular Hbond substituents is 1. The van der Waals surface area contributed by atoms with Gasteiger partial charge in [0.25, 0.3) is 0 Å². The molecule has 1 fully saturated rings. The molecule has 4 atom stereocenters. The lowest BCUT2D eigenvalue weighted by Crippen LogP contribution is -2.36. The van der Waals surface area contributed by atoms with Crippen LogP contribution in [0, 0.1) is 0 Å². The molecule has 178 valence electrons. The third-order valence-corrected chi connectivity index (χ3v) is 4.86. The van der Waals surface area contributed by atoms with Crippen molar-refractivity contribution in [3.8, 4) is 23.0 Å². The Kier molecular flexibility index (Phi) is 8.12. The number of esters is 1. The summed E-state index contributed by atoms with van der Waals surface area (Å²) in [6.07, 6.45) is -3.72. The molecule has 2 aromatic rings. The number of methoxy groups -OCH3 is 3. The molecule has 0 radical (unpaired) electrons. The smallest absolute Gasteiger partial charge is 0.376 e. The number of para-hydroxylation sites is 2. The number of hydrogen-bond donors (Lipinski definition) is 3. The Balaban J connectivity index is 1.90. The van der Waals surface area contributed by atoms with Gasteiger partial charge in [0.2, 0.25) is 12.0 Å². The van der Waals surface area contributed by atoms with Crippen molar-refractivity contribution >= 4 is 12.0 Å². The Morgan fingerprint density at radius 1 is 1.00 bits per heavy atom.